The third kappa shape index (κ3) is 3.68. The molecule has 0 spiro atoms. The third-order valence-corrected chi connectivity index (χ3v) is 3.97. The van der Waals surface area contributed by atoms with E-state index in [0.717, 1.165) is 17.7 Å². The second kappa shape index (κ2) is 6.38. The van der Waals surface area contributed by atoms with E-state index in [2.05, 4.69) is 0 Å². The molecule has 122 valence electrons. The third-order valence-electron chi connectivity index (χ3n) is 3.97. The predicted molar refractivity (Wildman–Crippen MR) is 87.9 cm³/mol. The summed E-state index contributed by atoms with van der Waals surface area (Å²) in [6, 6.07) is 7.68. The van der Waals surface area contributed by atoms with Gasteiger partial charge in [-0.2, -0.15) is 0 Å². The second-order valence-corrected chi connectivity index (χ2v) is 6.37. The molecule has 1 aromatic carbocycles. The van der Waals surface area contributed by atoms with Crippen molar-refractivity contribution in [1.82, 2.24) is 4.90 Å². The molecule has 2 N–H and O–H groups in total. The largest absolute Gasteiger partial charge is 0.481 e. The van der Waals surface area contributed by atoms with Crippen molar-refractivity contribution in [3.05, 3.63) is 53.1 Å². The maximum atomic E-state index is 11.6. The number of allylic oxidation sites excluding steroid dienone is 2. The fraction of sp³-hybridized carbons (Fsp3) is 0.333. The molecule has 1 unspecified atom stereocenters. The Bertz CT molecular complexity index is 703. The van der Waals surface area contributed by atoms with Gasteiger partial charge in [0.2, 0.25) is 0 Å². The molecular weight excluding hydrogens is 294 g/mol. The Labute approximate surface area is 135 Å². The molecule has 0 radical (unpaired) electrons. The van der Waals surface area contributed by atoms with Gasteiger partial charge in [-0.25, -0.2) is 4.79 Å². The van der Waals surface area contributed by atoms with Gasteiger partial charge in [0.25, 0.3) is 0 Å². The molecule has 5 nitrogen and oxygen atoms in total. The normalized spacial score (nSPS) is 20.9. The van der Waals surface area contributed by atoms with Crippen molar-refractivity contribution in [1.29, 1.82) is 0 Å². The van der Waals surface area contributed by atoms with Gasteiger partial charge in [-0.05, 0) is 50.2 Å². The van der Waals surface area contributed by atoms with Crippen LogP contribution in [-0.4, -0.2) is 41.1 Å². The second-order valence-electron chi connectivity index (χ2n) is 6.37. The summed E-state index contributed by atoms with van der Waals surface area (Å²) in [6.45, 7) is 2.29. The van der Waals surface area contributed by atoms with E-state index in [1.54, 1.807) is 12.2 Å². The van der Waals surface area contributed by atoms with Crippen molar-refractivity contribution in [3.8, 4) is 0 Å². The van der Waals surface area contributed by atoms with Crippen LogP contribution < -0.4 is 0 Å². The maximum absolute atomic E-state index is 11.6. The van der Waals surface area contributed by atoms with E-state index in [-0.39, 0.29) is 12.0 Å². The van der Waals surface area contributed by atoms with Crippen LogP contribution >= 0.6 is 0 Å². The summed E-state index contributed by atoms with van der Waals surface area (Å²) in [4.78, 5) is 25.0. The van der Waals surface area contributed by atoms with E-state index < -0.39 is 17.4 Å². The maximum Gasteiger partial charge on any atom is 0.332 e. The SMILES string of the molecule is CN(C)Cc1cccc(C2=C(C(=O)O)CC(C)(C(=O)O)C=C2)c1. The van der Waals surface area contributed by atoms with Crippen molar-refractivity contribution in [3.63, 3.8) is 0 Å². The topological polar surface area (TPSA) is 77.8 Å². The molecule has 23 heavy (non-hydrogen) atoms. The monoisotopic (exact) mass is 315 g/mol. The molecule has 0 heterocycles. The summed E-state index contributed by atoms with van der Waals surface area (Å²) in [5.74, 6) is -2.09. The molecule has 0 saturated heterocycles. The molecule has 0 bridgehead atoms. The van der Waals surface area contributed by atoms with Crippen LogP contribution in [0.4, 0.5) is 0 Å². The minimum absolute atomic E-state index is 0.0264. The van der Waals surface area contributed by atoms with Crippen LogP contribution in [0.1, 0.15) is 24.5 Å². The summed E-state index contributed by atoms with van der Waals surface area (Å²) in [7, 11) is 3.93. The average Bonchev–Trinajstić information content (AvgIpc) is 2.46. The molecule has 0 saturated carbocycles. The fourth-order valence-electron chi connectivity index (χ4n) is 2.70. The Morgan fingerprint density at radius 1 is 1.26 bits per heavy atom. The van der Waals surface area contributed by atoms with Gasteiger partial charge in [-0.3, -0.25) is 4.79 Å². The number of benzene rings is 1. The number of carboxylic acid groups (broad SMARTS) is 2. The number of hydrogen-bond donors (Lipinski definition) is 2. The lowest BCUT2D eigenvalue weighted by atomic mass is 9.76. The van der Waals surface area contributed by atoms with E-state index in [1.807, 2.05) is 43.3 Å². The molecule has 2 rings (SSSR count). The highest BCUT2D eigenvalue weighted by Crippen LogP contribution is 2.38. The lowest BCUT2D eigenvalue weighted by Gasteiger charge is -2.26. The Morgan fingerprint density at radius 3 is 2.52 bits per heavy atom. The zero-order chi connectivity index (χ0) is 17.2. The molecule has 1 aromatic rings. The molecule has 0 aromatic heterocycles. The van der Waals surface area contributed by atoms with Gasteiger partial charge in [-0.15, -0.1) is 0 Å². The first-order valence-electron chi connectivity index (χ1n) is 7.36. The van der Waals surface area contributed by atoms with E-state index in [9.17, 15) is 19.8 Å². The summed E-state index contributed by atoms with van der Waals surface area (Å²) in [6.07, 6.45) is 3.17. The van der Waals surface area contributed by atoms with Crippen LogP contribution in [0, 0.1) is 5.41 Å². The number of carboxylic acids is 2. The molecule has 0 fully saturated rings. The van der Waals surface area contributed by atoms with Crippen molar-refractivity contribution < 1.29 is 19.8 Å². The molecule has 0 amide bonds. The quantitative estimate of drug-likeness (QED) is 0.873. The van der Waals surface area contributed by atoms with Gasteiger partial charge in [-0.1, -0.05) is 30.4 Å². The van der Waals surface area contributed by atoms with Crippen molar-refractivity contribution >= 4 is 17.5 Å². The van der Waals surface area contributed by atoms with Crippen molar-refractivity contribution in [2.24, 2.45) is 5.41 Å². The van der Waals surface area contributed by atoms with Crippen LogP contribution in [0.25, 0.3) is 5.57 Å². The average molecular weight is 315 g/mol. The first-order chi connectivity index (χ1) is 10.7. The van der Waals surface area contributed by atoms with Crippen LogP contribution in [0.15, 0.2) is 42.0 Å². The van der Waals surface area contributed by atoms with Crippen LogP contribution in [0.3, 0.4) is 0 Å². The first-order valence-corrected chi connectivity index (χ1v) is 7.36. The Kier molecular flexibility index (Phi) is 4.71. The number of hydrogen-bond acceptors (Lipinski definition) is 3. The Balaban J connectivity index is 2.46. The lowest BCUT2D eigenvalue weighted by molar-refractivity contribution is -0.145. The van der Waals surface area contributed by atoms with Crippen molar-refractivity contribution in [2.75, 3.05) is 14.1 Å². The smallest absolute Gasteiger partial charge is 0.332 e. The van der Waals surface area contributed by atoms with E-state index >= 15 is 0 Å². The summed E-state index contributed by atoms with van der Waals surface area (Å²) < 4.78 is 0. The number of nitrogens with zero attached hydrogens (tertiary/aromatic N) is 1. The van der Waals surface area contributed by atoms with Gasteiger partial charge in [0.1, 0.15) is 0 Å². The van der Waals surface area contributed by atoms with Crippen LogP contribution in [0.2, 0.25) is 0 Å². The first kappa shape index (κ1) is 17.0. The number of rotatable bonds is 5. The minimum Gasteiger partial charge on any atom is -0.481 e. The summed E-state index contributed by atoms with van der Waals surface area (Å²) >= 11 is 0. The molecule has 1 aliphatic carbocycles. The number of carbonyl (C=O) groups is 2. The molecule has 1 atom stereocenters. The molecule has 0 aliphatic heterocycles. The van der Waals surface area contributed by atoms with Gasteiger partial charge in [0.15, 0.2) is 0 Å². The standard InChI is InChI=1S/C18H21NO4/c1-18(17(22)23)8-7-14(15(10-18)16(20)21)13-6-4-5-12(9-13)11-19(2)3/h4-9H,10-11H2,1-3H3,(H,20,21)(H,22,23). The lowest BCUT2D eigenvalue weighted by Crippen LogP contribution is -2.29. The zero-order valence-electron chi connectivity index (χ0n) is 13.5. The Hall–Kier alpha value is -2.40. The Morgan fingerprint density at radius 2 is 1.96 bits per heavy atom. The van der Waals surface area contributed by atoms with E-state index in [1.165, 1.54) is 6.92 Å². The molecule has 1 aliphatic rings. The molecular formula is C18H21NO4. The highest BCUT2D eigenvalue weighted by atomic mass is 16.4. The molecule has 5 heteroatoms. The highest BCUT2D eigenvalue weighted by molar-refractivity contribution is 6.01. The van der Waals surface area contributed by atoms with E-state index in [4.69, 9.17) is 0 Å². The van der Waals surface area contributed by atoms with Gasteiger partial charge < -0.3 is 15.1 Å². The minimum atomic E-state index is -1.18. The van der Waals surface area contributed by atoms with Crippen LogP contribution in [0.5, 0.6) is 0 Å². The van der Waals surface area contributed by atoms with Gasteiger partial charge >= 0.3 is 11.9 Å². The fourth-order valence-corrected chi connectivity index (χ4v) is 2.70. The van der Waals surface area contributed by atoms with Gasteiger partial charge in [0, 0.05) is 12.1 Å². The summed E-state index contributed by atoms with van der Waals surface area (Å²) in [5, 5.41) is 18.8. The van der Waals surface area contributed by atoms with Crippen LogP contribution in [-0.2, 0) is 16.1 Å². The number of aliphatic carboxylic acids is 2. The van der Waals surface area contributed by atoms with Crippen molar-refractivity contribution in [2.45, 2.75) is 19.9 Å². The highest BCUT2D eigenvalue weighted by Gasteiger charge is 2.36. The zero-order valence-corrected chi connectivity index (χ0v) is 13.5. The van der Waals surface area contributed by atoms with E-state index in [0.29, 0.717) is 5.57 Å². The predicted octanol–water partition coefficient (Wildman–Crippen LogP) is 2.64. The van der Waals surface area contributed by atoms with Gasteiger partial charge in [0.05, 0.1) is 5.41 Å². The summed E-state index contributed by atoms with van der Waals surface area (Å²) in [5.41, 5.74) is 1.41.